The summed E-state index contributed by atoms with van der Waals surface area (Å²) in [5.74, 6) is 0.887. The molecule has 0 aliphatic heterocycles. The molecule has 18 heavy (non-hydrogen) atoms. The third kappa shape index (κ3) is 3.34. The second kappa shape index (κ2) is 6.02. The lowest BCUT2D eigenvalue weighted by molar-refractivity contribution is 0.296. The predicted octanol–water partition coefficient (Wildman–Crippen LogP) is 2.48. The van der Waals surface area contributed by atoms with Crippen LogP contribution < -0.4 is 10.1 Å². The van der Waals surface area contributed by atoms with Gasteiger partial charge < -0.3 is 10.1 Å². The van der Waals surface area contributed by atoms with E-state index in [1.807, 2.05) is 38.5 Å². The zero-order chi connectivity index (χ0) is 13.0. The molecule has 1 N–H and O–H groups in total. The Morgan fingerprint density at radius 2 is 2.22 bits per heavy atom. The van der Waals surface area contributed by atoms with Gasteiger partial charge in [-0.3, -0.25) is 4.68 Å². The fraction of sp³-hybridized carbons (Fsp3) is 0.308. The van der Waals surface area contributed by atoms with E-state index in [1.54, 1.807) is 4.68 Å². The highest BCUT2D eigenvalue weighted by Gasteiger charge is 2.05. The highest BCUT2D eigenvalue weighted by Crippen LogP contribution is 2.23. The first-order valence-electron chi connectivity index (χ1n) is 5.73. The standard InChI is InChI=1S/C13H16BrN3O/c1-15-8-10-7-11(14)3-4-13(10)18-9-12-5-6-17(2)16-12/h3-7,15H,8-9H2,1-2H3. The van der Waals surface area contributed by atoms with E-state index in [-0.39, 0.29) is 0 Å². The molecule has 96 valence electrons. The molecular formula is C13H16BrN3O. The maximum absolute atomic E-state index is 5.81. The van der Waals surface area contributed by atoms with Crippen molar-refractivity contribution in [3.05, 3.63) is 46.2 Å². The average molecular weight is 310 g/mol. The summed E-state index contributed by atoms with van der Waals surface area (Å²) < 4.78 is 8.63. The van der Waals surface area contributed by atoms with Crippen LogP contribution in [0.3, 0.4) is 0 Å². The van der Waals surface area contributed by atoms with Crippen molar-refractivity contribution in [3.63, 3.8) is 0 Å². The minimum absolute atomic E-state index is 0.485. The number of benzene rings is 1. The molecule has 0 saturated carbocycles. The molecule has 0 spiro atoms. The lowest BCUT2D eigenvalue weighted by Crippen LogP contribution is -2.08. The van der Waals surface area contributed by atoms with Crippen LogP contribution in [-0.2, 0) is 20.2 Å². The van der Waals surface area contributed by atoms with E-state index in [2.05, 4.69) is 32.4 Å². The van der Waals surface area contributed by atoms with Gasteiger partial charge >= 0.3 is 0 Å². The maximum atomic E-state index is 5.81. The van der Waals surface area contributed by atoms with Crippen molar-refractivity contribution in [2.45, 2.75) is 13.2 Å². The first-order valence-corrected chi connectivity index (χ1v) is 6.52. The van der Waals surface area contributed by atoms with Crippen molar-refractivity contribution in [1.82, 2.24) is 15.1 Å². The first-order chi connectivity index (χ1) is 8.69. The Morgan fingerprint density at radius 1 is 1.39 bits per heavy atom. The Balaban J connectivity index is 2.08. The topological polar surface area (TPSA) is 39.1 Å². The summed E-state index contributed by atoms with van der Waals surface area (Å²) in [5, 5.41) is 7.42. The Kier molecular flexibility index (Phi) is 4.38. The van der Waals surface area contributed by atoms with Crippen molar-refractivity contribution >= 4 is 15.9 Å². The summed E-state index contributed by atoms with van der Waals surface area (Å²) in [4.78, 5) is 0. The van der Waals surface area contributed by atoms with Crippen molar-refractivity contribution in [3.8, 4) is 5.75 Å². The molecule has 0 aliphatic rings. The van der Waals surface area contributed by atoms with Crippen LogP contribution in [0.5, 0.6) is 5.75 Å². The van der Waals surface area contributed by atoms with Gasteiger partial charge in [-0.1, -0.05) is 15.9 Å². The molecule has 0 amide bonds. The largest absolute Gasteiger partial charge is 0.487 e. The van der Waals surface area contributed by atoms with E-state index in [9.17, 15) is 0 Å². The molecular weight excluding hydrogens is 294 g/mol. The van der Waals surface area contributed by atoms with E-state index < -0.39 is 0 Å². The fourth-order valence-electron chi connectivity index (χ4n) is 1.71. The molecule has 0 saturated heterocycles. The van der Waals surface area contributed by atoms with Gasteiger partial charge in [0.15, 0.2) is 0 Å². The number of aromatic nitrogens is 2. The highest BCUT2D eigenvalue weighted by molar-refractivity contribution is 9.10. The second-order valence-electron chi connectivity index (χ2n) is 4.05. The molecule has 0 unspecified atom stereocenters. The van der Waals surface area contributed by atoms with Gasteiger partial charge in [0.1, 0.15) is 12.4 Å². The van der Waals surface area contributed by atoms with Gasteiger partial charge in [-0.15, -0.1) is 0 Å². The Morgan fingerprint density at radius 3 is 2.89 bits per heavy atom. The maximum Gasteiger partial charge on any atom is 0.132 e. The minimum atomic E-state index is 0.485. The van der Waals surface area contributed by atoms with Gasteiger partial charge in [0.25, 0.3) is 0 Å². The molecule has 1 aromatic carbocycles. The first kappa shape index (κ1) is 13.1. The molecule has 2 rings (SSSR count). The van der Waals surface area contributed by atoms with E-state index in [0.717, 1.165) is 28.0 Å². The zero-order valence-electron chi connectivity index (χ0n) is 10.5. The number of ether oxygens (including phenoxy) is 1. The molecule has 0 fully saturated rings. The van der Waals surface area contributed by atoms with Gasteiger partial charge in [0.05, 0.1) is 5.69 Å². The Bertz CT molecular complexity index is 525. The van der Waals surface area contributed by atoms with Crippen molar-refractivity contribution < 1.29 is 4.74 Å². The van der Waals surface area contributed by atoms with Gasteiger partial charge in [-0.2, -0.15) is 5.10 Å². The number of aryl methyl sites for hydroxylation is 1. The van der Waals surface area contributed by atoms with Crippen molar-refractivity contribution in [2.24, 2.45) is 7.05 Å². The van der Waals surface area contributed by atoms with Gasteiger partial charge in [-0.25, -0.2) is 0 Å². The van der Waals surface area contributed by atoms with Crippen LogP contribution >= 0.6 is 15.9 Å². The lowest BCUT2D eigenvalue weighted by Gasteiger charge is -2.10. The molecule has 1 heterocycles. The molecule has 0 aliphatic carbocycles. The summed E-state index contributed by atoms with van der Waals surface area (Å²) in [6.45, 7) is 1.26. The van der Waals surface area contributed by atoms with Crippen LogP contribution in [0.1, 0.15) is 11.3 Å². The Labute approximate surface area is 115 Å². The van der Waals surface area contributed by atoms with Crippen LogP contribution in [0.15, 0.2) is 34.9 Å². The fourth-order valence-corrected chi connectivity index (χ4v) is 2.12. The van der Waals surface area contributed by atoms with Gasteiger partial charge in [0, 0.05) is 29.8 Å². The summed E-state index contributed by atoms with van der Waals surface area (Å²) >= 11 is 3.47. The average Bonchev–Trinajstić information content (AvgIpc) is 2.75. The highest BCUT2D eigenvalue weighted by atomic mass is 79.9. The van der Waals surface area contributed by atoms with Crippen LogP contribution in [0.2, 0.25) is 0 Å². The number of hydrogen-bond donors (Lipinski definition) is 1. The van der Waals surface area contributed by atoms with Crippen LogP contribution in [0, 0.1) is 0 Å². The van der Waals surface area contributed by atoms with Crippen LogP contribution in [0.25, 0.3) is 0 Å². The molecule has 0 bridgehead atoms. The summed E-state index contributed by atoms with van der Waals surface area (Å²) in [6, 6.07) is 7.97. The van der Waals surface area contributed by atoms with E-state index >= 15 is 0 Å². The molecule has 5 heteroatoms. The number of hydrogen-bond acceptors (Lipinski definition) is 3. The Hall–Kier alpha value is -1.33. The molecule has 2 aromatic rings. The van der Waals surface area contributed by atoms with Crippen LogP contribution in [0.4, 0.5) is 0 Å². The normalized spacial score (nSPS) is 10.6. The predicted molar refractivity (Wildman–Crippen MR) is 74.4 cm³/mol. The van der Waals surface area contributed by atoms with Crippen molar-refractivity contribution in [1.29, 1.82) is 0 Å². The molecule has 0 atom stereocenters. The lowest BCUT2D eigenvalue weighted by atomic mass is 10.2. The number of nitrogens with one attached hydrogen (secondary N) is 1. The van der Waals surface area contributed by atoms with E-state index in [0.29, 0.717) is 6.61 Å². The quantitative estimate of drug-likeness (QED) is 0.922. The second-order valence-corrected chi connectivity index (χ2v) is 4.97. The van der Waals surface area contributed by atoms with E-state index in [4.69, 9.17) is 4.74 Å². The van der Waals surface area contributed by atoms with E-state index in [1.165, 1.54) is 0 Å². The number of halogens is 1. The zero-order valence-corrected chi connectivity index (χ0v) is 12.1. The van der Waals surface area contributed by atoms with Gasteiger partial charge in [0.2, 0.25) is 0 Å². The van der Waals surface area contributed by atoms with Gasteiger partial charge in [-0.05, 0) is 31.3 Å². The SMILES string of the molecule is CNCc1cc(Br)ccc1OCc1ccn(C)n1. The number of rotatable bonds is 5. The smallest absolute Gasteiger partial charge is 0.132 e. The summed E-state index contributed by atoms with van der Waals surface area (Å²) in [7, 11) is 3.82. The molecule has 0 radical (unpaired) electrons. The number of nitrogens with zero attached hydrogens (tertiary/aromatic N) is 2. The third-order valence-electron chi connectivity index (χ3n) is 2.53. The third-order valence-corrected chi connectivity index (χ3v) is 3.03. The summed E-state index contributed by atoms with van der Waals surface area (Å²) in [6.07, 6.45) is 1.91. The monoisotopic (exact) mass is 309 g/mol. The van der Waals surface area contributed by atoms with Crippen molar-refractivity contribution in [2.75, 3.05) is 7.05 Å². The molecule has 4 nitrogen and oxygen atoms in total. The van der Waals surface area contributed by atoms with Crippen LogP contribution in [-0.4, -0.2) is 16.8 Å². The summed E-state index contributed by atoms with van der Waals surface area (Å²) in [5.41, 5.74) is 2.05. The minimum Gasteiger partial charge on any atom is -0.487 e. The molecule has 1 aromatic heterocycles.